The highest BCUT2D eigenvalue weighted by molar-refractivity contribution is 6.38. The van der Waals surface area contributed by atoms with E-state index in [1.807, 2.05) is 0 Å². The van der Waals surface area contributed by atoms with E-state index in [0.717, 1.165) is 6.21 Å². The summed E-state index contributed by atoms with van der Waals surface area (Å²) in [5, 5.41) is 3.55. The van der Waals surface area contributed by atoms with E-state index in [1.54, 1.807) is 13.8 Å². The molecule has 0 radical (unpaired) electrons. The molecule has 13 heteroatoms. The molecule has 0 spiro atoms. The predicted octanol–water partition coefficient (Wildman–Crippen LogP) is 5.54. The zero-order chi connectivity index (χ0) is 26.8. The van der Waals surface area contributed by atoms with Gasteiger partial charge in [-0.05, 0) is 44.9 Å². The van der Waals surface area contributed by atoms with Gasteiger partial charge in [0.15, 0.2) is 0 Å². The maximum Gasteiger partial charge on any atom is 0.435 e. The molecule has 2 N–H and O–H groups in total. The number of aryl methyl sites for hydroxylation is 3. The van der Waals surface area contributed by atoms with E-state index in [-0.39, 0.29) is 40.3 Å². The minimum absolute atomic E-state index is 0.00338. The topological polar surface area (TPSA) is 89.9 Å². The van der Waals surface area contributed by atoms with Crippen LogP contribution in [0.1, 0.15) is 45.2 Å². The number of rotatable bonds is 6. The molecule has 0 aliphatic heterocycles. The summed E-state index contributed by atoms with van der Waals surface area (Å²) < 4.78 is 98.1. The number of benzene rings is 1. The lowest BCUT2D eigenvalue weighted by Gasteiger charge is -2.31. The van der Waals surface area contributed by atoms with Gasteiger partial charge in [0, 0.05) is 17.3 Å². The van der Waals surface area contributed by atoms with Crippen molar-refractivity contribution in [2.75, 3.05) is 6.61 Å². The molecular weight excluding hydrogens is 485 g/mol. The number of aliphatic imine (C=N–C) groups is 1. The minimum atomic E-state index is -6.23. The Labute approximate surface area is 195 Å². The number of ether oxygens (including phenoxy) is 1. The molecule has 35 heavy (non-hydrogen) atoms. The Hall–Kier alpha value is -3.51. The average Bonchev–Trinajstić information content (AvgIpc) is 2.74. The van der Waals surface area contributed by atoms with E-state index >= 15 is 0 Å². The number of alkyl halides is 7. The lowest BCUT2D eigenvalue weighted by molar-refractivity contribution is -0.348. The van der Waals surface area contributed by atoms with Crippen LogP contribution in [0.15, 0.2) is 34.5 Å². The number of hydrazone groups is 1. The second kappa shape index (κ2) is 10.0. The smallest absolute Gasteiger partial charge is 0.435 e. The number of nitrogens with two attached hydrogens (primary N) is 1. The van der Waals surface area contributed by atoms with E-state index in [1.165, 1.54) is 26.1 Å². The normalized spacial score (nSPS) is 13.4. The highest BCUT2D eigenvalue weighted by Crippen LogP contribution is 2.53. The number of aromatic nitrogens is 1. The zero-order valence-electron chi connectivity index (χ0n) is 19.0. The van der Waals surface area contributed by atoms with Crippen molar-refractivity contribution in [2.45, 2.75) is 45.7 Å². The van der Waals surface area contributed by atoms with Crippen molar-refractivity contribution in [3.63, 3.8) is 0 Å². The highest BCUT2D eigenvalue weighted by atomic mass is 19.4. The van der Waals surface area contributed by atoms with Crippen molar-refractivity contribution >= 4 is 23.6 Å². The van der Waals surface area contributed by atoms with Crippen molar-refractivity contribution in [3.8, 4) is 0 Å². The Kier molecular flexibility index (Phi) is 7.92. The van der Waals surface area contributed by atoms with Crippen LogP contribution in [-0.2, 0) is 10.4 Å². The van der Waals surface area contributed by atoms with Gasteiger partial charge in [-0.15, -0.1) is 0 Å². The Balaban J connectivity index is 2.51. The fraction of sp³-hybridized carbons (Fsp3) is 0.364. The fourth-order valence-corrected chi connectivity index (χ4v) is 3.24. The second-order valence-corrected chi connectivity index (χ2v) is 7.46. The number of pyridine rings is 1. The van der Waals surface area contributed by atoms with Gasteiger partial charge >= 0.3 is 24.0 Å². The molecule has 0 saturated heterocycles. The number of esters is 1. The molecule has 1 aromatic carbocycles. The van der Waals surface area contributed by atoms with E-state index in [4.69, 9.17) is 10.6 Å². The van der Waals surface area contributed by atoms with Gasteiger partial charge in [0.1, 0.15) is 5.71 Å². The van der Waals surface area contributed by atoms with Crippen LogP contribution in [0, 0.1) is 20.8 Å². The Morgan fingerprint density at radius 1 is 1.03 bits per heavy atom. The number of carbonyl (C=O) groups is 1. The highest BCUT2D eigenvalue weighted by Gasteiger charge is 2.73. The molecule has 1 aromatic heterocycles. The average molecular weight is 506 g/mol. The van der Waals surface area contributed by atoms with Gasteiger partial charge in [0.05, 0.1) is 29.8 Å². The number of hydrogen-bond acceptors (Lipinski definition) is 6. The fourth-order valence-electron chi connectivity index (χ4n) is 3.24. The molecule has 0 saturated carbocycles. The van der Waals surface area contributed by atoms with Crippen LogP contribution in [0.3, 0.4) is 0 Å². The molecule has 0 atom stereocenters. The van der Waals surface area contributed by atoms with Gasteiger partial charge in [-0.25, -0.2) is 9.18 Å². The molecule has 0 amide bonds. The molecule has 0 unspecified atom stereocenters. The van der Waals surface area contributed by atoms with Crippen LogP contribution in [0.4, 0.5) is 36.4 Å². The van der Waals surface area contributed by atoms with E-state index in [0.29, 0.717) is 17.8 Å². The standard InChI is InChI=1S/C22H21F7N4O2/c1-5-35-19(34)16-8-14(9-31-13(16)4)17(33-30)10-32-18-11(2)6-15(7-12(18)3)20(23,21(24,25)26)22(27,28)29/h6-10H,5,30H2,1-4H3. The number of carbonyl (C=O) groups excluding carboxylic acids is 1. The summed E-state index contributed by atoms with van der Waals surface area (Å²) in [5.74, 6) is 4.76. The quantitative estimate of drug-likeness (QED) is 0.183. The van der Waals surface area contributed by atoms with Crippen molar-refractivity contribution < 1.29 is 40.3 Å². The van der Waals surface area contributed by atoms with Crippen molar-refractivity contribution in [1.82, 2.24) is 4.98 Å². The first kappa shape index (κ1) is 27.7. The van der Waals surface area contributed by atoms with Gasteiger partial charge in [0.25, 0.3) is 0 Å². The van der Waals surface area contributed by atoms with Crippen molar-refractivity contribution in [2.24, 2.45) is 15.9 Å². The van der Waals surface area contributed by atoms with Crippen LogP contribution >= 0.6 is 0 Å². The third kappa shape index (κ3) is 5.43. The lowest BCUT2D eigenvalue weighted by atomic mass is 9.90. The number of nitrogens with zero attached hydrogens (tertiary/aromatic N) is 3. The van der Waals surface area contributed by atoms with Gasteiger partial charge in [-0.2, -0.15) is 31.4 Å². The predicted molar refractivity (Wildman–Crippen MR) is 115 cm³/mol. The summed E-state index contributed by atoms with van der Waals surface area (Å²) in [6.07, 6.45) is -10.0. The summed E-state index contributed by atoms with van der Waals surface area (Å²) in [6, 6.07) is 2.27. The van der Waals surface area contributed by atoms with Crippen LogP contribution in [-0.4, -0.2) is 41.8 Å². The molecule has 0 aliphatic carbocycles. The SMILES string of the molecule is CCOC(=O)c1cc(C(C=Nc2c(C)cc(C(F)(C(F)(F)F)C(F)(F)F)cc2C)=NN)cnc1C. The van der Waals surface area contributed by atoms with Gasteiger partial charge < -0.3 is 10.6 Å². The van der Waals surface area contributed by atoms with Gasteiger partial charge in [-0.3, -0.25) is 9.98 Å². The summed E-state index contributed by atoms with van der Waals surface area (Å²) in [4.78, 5) is 20.2. The number of hydrogen-bond donors (Lipinski definition) is 1. The zero-order valence-corrected chi connectivity index (χ0v) is 19.0. The van der Waals surface area contributed by atoms with Crippen LogP contribution in [0.5, 0.6) is 0 Å². The largest absolute Gasteiger partial charge is 0.462 e. The lowest BCUT2D eigenvalue weighted by Crippen LogP contribution is -2.50. The molecule has 190 valence electrons. The second-order valence-electron chi connectivity index (χ2n) is 7.46. The third-order valence-electron chi connectivity index (χ3n) is 5.00. The monoisotopic (exact) mass is 506 g/mol. The molecule has 0 aliphatic rings. The first-order chi connectivity index (χ1) is 16.1. The van der Waals surface area contributed by atoms with Gasteiger partial charge in [-0.1, -0.05) is 12.1 Å². The molecule has 0 fully saturated rings. The van der Waals surface area contributed by atoms with Crippen LogP contribution in [0.25, 0.3) is 0 Å². The van der Waals surface area contributed by atoms with E-state index in [2.05, 4.69) is 15.1 Å². The van der Waals surface area contributed by atoms with Gasteiger partial charge in [0.2, 0.25) is 0 Å². The maximum absolute atomic E-state index is 14.4. The maximum atomic E-state index is 14.4. The van der Waals surface area contributed by atoms with Crippen LogP contribution in [0.2, 0.25) is 0 Å². The Morgan fingerprint density at radius 2 is 1.57 bits per heavy atom. The summed E-state index contributed by atoms with van der Waals surface area (Å²) >= 11 is 0. The number of halogens is 7. The summed E-state index contributed by atoms with van der Waals surface area (Å²) in [7, 11) is 0. The molecular formula is C22H21F7N4O2. The van der Waals surface area contributed by atoms with Crippen molar-refractivity contribution in [3.05, 3.63) is 57.9 Å². The summed E-state index contributed by atoms with van der Waals surface area (Å²) in [5.41, 5.74) is -6.76. The molecule has 6 nitrogen and oxygen atoms in total. The Morgan fingerprint density at radius 3 is 2.03 bits per heavy atom. The first-order valence-electron chi connectivity index (χ1n) is 9.98. The van der Waals surface area contributed by atoms with Crippen LogP contribution < -0.4 is 5.84 Å². The van der Waals surface area contributed by atoms with E-state index in [9.17, 15) is 35.5 Å². The molecule has 2 aromatic rings. The minimum Gasteiger partial charge on any atom is -0.462 e. The summed E-state index contributed by atoms with van der Waals surface area (Å²) in [6.45, 7) is 5.68. The molecule has 0 bridgehead atoms. The van der Waals surface area contributed by atoms with Crippen molar-refractivity contribution in [1.29, 1.82) is 0 Å². The Bertz CT molecular complexity index is 1130. The first-order valence-corrected chi connectivity index (χ1v) is 9.98. The molecule has 1 heterocycles. The molecule has 2 rings (SSSR count). The van der Waals surface area contributed by atoms with E-state index < -0.39 is 29.6 Å². The third-order valence-corrected chi connectivity index (χ3v) is 5.00.